The van der Waals surface area contributed by atoms with Crippen LogP contribution in [0, 0.1) is 3.57 Å². The van der Waals surface area contributed by atoms with Crippen molar-refractivity contribution in [3.63, 3.8) is 0 Å². The van der Waals surface area contributed by atoms with E-state index in [9.17, 15) is 9.90 Å². The SMILES string of the molecule is CCOc1cc(/C=N\NC(=O)c2ccc(OC)cc2O)cc(I)c1OCc1cccc2ccccc12. The number of carbonyl (C=O) groups excluding carboxylic acids is 1. The molecule has 0 bridgehead atoms. The van der Waals surface area contributed by atoms with Gasteiger partial charge in [-0.2, -0.15) is 5.10 Å². The minimum Gasteiger partial charge on any atom is -0.507 e. The Bertz CT molecular complexity index is 1420. The Hall–Kier alpha value is -3.79. The molecule has 184 valence electrons. The number of nitrogens with zero attached hydrogens (tertiary/aromatic N) is 1. The fourth-order valence-electron chi connectivity index (χ4n) is 3.69. The van der Waals surface area contributed by atoms with Crippen molar-refractivity contribution < 1.29 is 24.1 Å². The van der Waals surface area contributed by atoms with Crippen LogP contribution in [0.15, 0.2) is 77.9 Å². The van der Waals surface area contributed by atoms with Gasteiger partial charge in [0.25, 0.3) is 5.91 Å². The first-order valence-corrected chi connectivity index (χ1v) is 12.3. The summed E-state index contributed by atoms with van der Waals surface area (Å²) in [5.41, 5.74) is 4.33. The van der Waals surface area contributed by atoms with Gasteiger partial charge in [0.05, 0.1) is 29.1 Å². The van der Waals surface area contributed by atoms with Crippen LogP contribution in [0.1, 0.15) is 28.4 Å². The first-order chi connectivity index (χ1) is 17.5. The van der Waals surface area contributed by atoms with Crippen molar-refractivity contribution in [2.24, 2.45) is 5.10 Å². The maximum atomic E-state index is 12.4. The number of phenols is 1. The van der Waals surface area contributed by atoms with E-state index in [2.05, 4.69) is 57.4 Å². The summed E-state index contributed by atoms with van der Waals surface area (Å²) in [5.74, 6) is 0.956. The number of benzene rings is 4. The number of carbonyl (C=O) groups is 1. The number of hydrogen-bond acceptors (Lipinski definition) is 6. The number of methoxy groups -OCH3 is 1. The number of rotatable bonds is 9. The minimum absolute atomic E-state index is 0.0923. The molecule has 7 nitrogen and oxygen atoms in total. The number of hydrazone groups is 1. The van der Waals surface area contributed by atoms with Crippen LogP contribution in [0.4, 0.5) is 0 Å². The number of halogens is 1. The normalized spacial score (nSPS) is 11.0. The topological polar surface area (TPSA) is 89.4 Å². The van der Waals surface area contributed by atoms with Crippen LogP contribution >= 0.6 is 22.6 Å². The summed E-state index contributed by atoms with van der Waals surface area (Å²) >= 11 is 2.20. The van der Waals surface area contributed by atoms with E-state index in [1.807, 2.05) is 37.3 Å². The van der Waals surface area contributed by atoms with Crippen LogP contribution in [0.2, 0.25) is 0 Å². The maximum absolute atomic E-state index is 12.4. The summed E-state index contributed by atoms with van der Waals surface area (Å²) in [5, 5.41) is 16.4. The summed E-state index contributed by atoms with van der Waals surface area (Å²) in [4.78, 5) is 12.4. The summed E-state index contributed by atoms with van der Waals surface area (Å²) < 4.78 is 17.9. The monoisotopic (exact) mass is 596 g/mol. The number of phenolic OH excluding ortho intramolecular Hbond substituents is 1. The van der Waals surface area contributed by atoms with Crippen LogP contribution in [-0.2, 0) is 6.61 Å². The van der Waals surface area contributed by atoms with Gasteiger partial charge in [-0.05, 0) is 75.7 Å². The molecule has 4 aromatic rings. The molecular weight excluding hydrogens is 571 g/mol. The van der Waals surface area contributed by atoms with E-state index >= 15 is 0 Å². The molecule has 0 aliphatic carbocycles. The van der Waals surface area contributed by atoms with Gasteiger partial charge in [-0.1, -0.05) is 42.5 Å². The predicted octanol–water partition coefficient (Wildman–Crippen LogP) is 5.90. The van der Waals surface area contributed by atoms with Crippen molar-refractivity contribution in [3.05, 3.63) is 93.1 Å². The summed E-state index contributed by atoms with van der Waals surface area (Å²) in [7, 11) is 1.48. The first kappa shape index (κ1) is 25.3. The van der Waals surface area contributed by atoms with Gasteiger partial charge in [0.15, 0.2) is 11.5 Å². The lowest BCUT2D eigenvalue weighted by Crippen LogP contribution is -2.17. The molecule has 0 aliphatic heterocycles. The number of ether oxygens (including phenoxy) is 3. The van der Waals surface area contributed by atoms with Gasteiger partial charge in [-0.3, -0.25) is 4.79 Å². The smallest absolute Gasteiger partial charge is 0.275 e. The van der Waals surface area contributed by atoms with Gasteiger partial charge in [0, 0.05) is 6.07 Å². The first-order valence-electron chi connectivity index (χ1n) is 11.3. The third-order valence-electron chi connectivity index (χ3n) is 5.41. The Kier molecular flexibility index (Phi) is 8.27. The molecule has 8 heteroatoms. The van der Waals surface area contributed by atoms with Crippen LogP contribution < -0.4 is 19.6 Å². The van der Waals surface area contributed by atoms with Crippen LogP contribution in [-0.4, -0.2) is 30.9 Å². The highest BCUT2D eigenvalue weighted by atomic mass is 127. The number of hydrogen-bond donors (Lipinski definition) is 2. The van der Waals surface area contributed by atoms with Gasteiger partial charge in [0.2, 0.25) is 0 Å². The molecule has 0 fully saturated rings. The second kappa shape index (κ2) is 11.8. The summed E-state index contributed by atoms with van der Waals surface area (Å²) in [6.07, 6.45) is 1.51. The third kappa shape index (κ3) is 5.88. The van der Waals surface area contributed by atoms with Crippen LogP contribution in [0.3, 0.4) is 0 Å². The van der Waals surface area contributed by atoms with Crippen molar-refractivity contribution in [1.29, 1.82) is 0 Å². The molecule has 1 amide bonds. The van der Waals surface area contributed by atoms with Gasteiger partial charge in [-0.15, -0.1) is 0 Å². The molecular formula is C28H25IN2O5. The Morgan fingerprint density at radius 2 is 1.86 bits per heavy atom. The average molecular weight is 596 g/mol. The van der Waals surface area contributed by atoms with Gasteiger partial charge in [0.1, 0.15) is 18.1 Å². The minimum atomic E-state index is -0.541. The van der Waals surface area contributed by atoms with Gasteiger partial charge < -0.3 is 19.3 Å². The molecule has 4 aromatic carbocycles. The highest BCUT2D eigenvalue weighted by Crippen LogP contribution is 2.35. The number of fused-ring (bicyclic) bond motifs is 1. The summed E-state index contributed by atoms with van der Waals surface area (Å²) in [6, 6.07) is 22.5. The lowest BCUT2D eigenvalue weighted by atomic mass is 10.1. The highest BCUT2D eigenvalue weighted by molar-refractivity contribution is 14.1. The van der Waals surface area contributed by atoms with E-state index in [0.717, 1.165) is 25.5 Å². The van der Waals surface area contributed by atoms with Crippen molar-refractivity contribution in [2.45, 2.75) is 13.5 Å². The van der Waals surface area contributed by atoms with E-state index in [-0.39, 0.29) is 11.3 Å². The van der Waals surface area contributed by atoms with Crippen molar-refractivity contribution >= 4 is 45.5 Å². The van der Waals surface area contributed by atoms with E-state index in [1.165, 1.54) is 25.5 Å². The molecule has 0 aromatic heterocycles. The molecule has 36 heavy (non-hydrogen) atoms. The third-order valence-corrected chi connectivity index (χ3v) is 6.21. The average Bonchev–Trinajstić information content (AvgIpc) is 2.88. The highest BCUT2D eigenvalue weighted by Gasteiger charge is 2.14. The van der Waals surface area contributed by atoms with Crippen molar-refractivity contribution in [2.75, 3.05) is 13.7 Å². The number of amides is 1. The Morgan fingerprint density at radius 1 is 1.06 bits per heavy atom. The van der Waals surface area contributed by atoms with E-state index in [4.69, 9.17) is 14.2 Å². The molecule has 0 saturated carbocycles. The molecule has 0 radical (unpaired) electrons. The quantitative estimate of drug-likeness (QED) is 0.143. The zero-order valence-electron chi connectivity index (χ0n) is 19.8. The Balaban J connectivity index is 1.50. The molecule has 4 rings (SSSR count). The molecule has 0 heterocycles. The second-order valence-corrected chi connectivity index (χ2v) is 8.93. The van der Waals surface area contributed by atoms with Crippen molar-refractivity contribution in [3.8, 4) is 23.0 Å². The molecule has 0 spiro atoms. The van der Waals surface area contributed by atoms with Gasteiger partial charge in [-0.25, -0.2) is 5.43 Å². The number of aromatic hydroxyl groups is 1. The zero-order valence-corrected chi connectivity index (χ0v) is 22.0. The fourth-order valence-corrected chi connectivity index (χ4v) is 4.47. The molecule has 0 saturated heterocycles. The zero-order chi connectivity index (χ0) is 25.5. The Labute approximate surface area is 222 Å². The molecule has 0 aliphatic rings. The van der Waals surface area contributed by atoms with Crippen molar-refractivity contribution in [1.82, 2.24) is 5.43 Å². The Morgan fingerprint density at radius 3 is 2.64 bits per heavy atom. The van der Waals surface area contributed by atoms with Crippen LogP contribution in [0.5, 0.6) is 23.0 Å². The molecule has 2 N–H and O–H groups in total. The molecule has 0 unspecified atom stereocenters. The maximum Gasteiger partial charge on any atom is 0.275 e. The molecule has 0 atom stereocenters. The predicted molar refractivity (Wildman–Crippen MR) is 148 cm³/mol. The van der Waals surface area contributed by atoms with E-state index in [0.29, 0.717) is 30.5 Å². The van der Waals surface area contributed by atoms with E-state index < -0.39 is 5.91 Å². The standard InChI is InChI=1S/C28H25IN2O5/c1-3-35-26-14-18(16-30-31-28(33)23-12-11-21(34-2)15-25(23)32)13-24(29)27(26)36-17-20-9-6-8-19-7-4-5-10-22(19)20/h4-16,32H,3,17H2,1-2H3,(H,31,33)/b30-16-. The fraction of sp³-hybridized carbons (Fsp3) is 0.143. The lowest BCUT2D eigenvalue weighted by molar-refractivity contribution is 0.0952. The van der Waals surface area contributed by atoms with Crippen LogP contribution in [0.25, 0.3) is 10.8 Å². The summed E-state index contributed by atoms with van der Waals surface area (Å²) in [6.45, 7) is 2.77. The number of nitrogens with one attached hydrogen (secondary N) is 1. The van der Waals surface area contributed by atoms with Gasteiger partial charge >= 0.3 is 0 Å². The van der Waals surface area contributed by atoms with E-state index in [1.54, 1.807) is 6.07 Å². The lowest BCUT2D eigenvalue weighted by Gasteiger charge is -2.15. The largest absolute Gasteiger partial charge is 0.507 e. The second-order valence-electron chi connectivity index (χ2n) is 7.77.